The van der Waals surface area contributed by atoms with Crippen molar-refractivity contribution >= 4 is 5.97 Å². The van der Waals surface area contributed by atoms with E-state index in [9.17, 15) is 4.79 Å². The van der Waals surface area contributed by atoms with Gasteiger partial charge in [0.2, 0.25) is 0 Å². The third kappa shape index (κ3) is 1.17. The Bertz CT molecular complexity index is 276. The molecule has 2 rings (SSSR count). The second-order valence-corrected chi connectivity index (χ2v) is 3.57. The van der Waals surface area contributed by atoms with E-state index >= 15 is 0 Å². The van der Waals surface area contributed by atoms with E-state index in [1.165, 1.54) is 11.6 Å². The van der Waals surface area contributed by atoms with Crippen LogP contribution < -0.4 is 0 Å². The Morgan fingerprint density at radius 1 is 1.58 bits per heavy atom. The fourth-order valence-electron chi connectivity index (χ4n) is 1.69. The second kappa shape index (κ2) is 2.47. The highest BCUT2D eigenvalue weighted by Gasteiger charge is 2.35. The molecule has 0 N–H and O–H groups in total. The maximum absolute atomic E-state index is 10.9. The van der Waals surface area contributed by atoms with Gasteiger partial charge in [-0.2, -0.15) is 0 Å². The van der Waals surface area contributed by atoms with Crippen LogP contribution in [0.4, 0.5) is 0 Å². The molecule has 2 nitrogen and oxygen atoms in total. The summed E-state index contributed by atoms with van der Waals surface area (Å²) in [5.74, 6) is -0.192. The van der Waals surface area contributed by atoms with Crippen molar-refractivity contribution in [1.29, 1.82) is 0 Å². The first kappa shape index (κ1) is 7.59. The van der Waals surface area contributed by atoms with Gasteiger partial charge in [0.25, 0.3) is 0 Å². The Labute approximate surface area is 71.9 Å². The molecule has 1 aliphatic carbocycles. The highest BCUT2D eigenvalue weighted by Crippen LogP contribution is 2.34. The van der Waals surface area contributed by atoms with Crippen molar-refractivity contribution in [1.82, 2.24) is 0 Å². The van der Waals surface area contributed by atoms with Gasteiger partial charge in [-0.1, -0.05) is 11.6 Å². The minimum Gasteiger partial charge on any atom is -0.451 e. The summed E-state index contributed by atoms with van der Waals surface area (Å²) in [7, 11) is 0. The van der Waals surface area contributed by atoms with Gasteiger partial charge < -0.3 is 4.74 Å². The Kier molecular flexibility index (Phi) is 1.56. The van der Waals surface area contributed by atoms with Crippen LogP contribution in [0.2, 0.25) is 0 Å². The smallest absolute Gasteiger partial charge is 0.331 e. The van der Waals surface area contributed by atoms with Crippen molar-refractivity contribution < 1.29 is 9.53 Å². The molecule has 0 fully saturated rings. The molecular formula is C10H12O2. The molecule has 0 radical (unpaired) electrons. The standard InChI is InChI=1S/C10H12O2/c1-8-2-5-10(6-3-8)7-4-9(11)12-10/h2,4,7H,3,5-6H2,1H3. The summed E-state index contributed by atoms with van der Waals surface area (Å²) in [5.41, 5.74) is 1.12. The lowest BCUT2D eigenvalue weighted by Gasteiger charge is -2.29. The molecule has 0 aromatic carbocycles. The molecule has 0 aromatic heterocycles. The van der Waals surface area contributed by atoms with Gasteiger partial charge in [-0.15, -0.1) is 0 Å². The monoisotopic (exact) mass is 164 g/mol. The van der Waals surface area contributed by atoms with Gasteiger partial charge in [0, 0.05) is 12.5 Å². The van der Waals surface area contributed by atoms with Crippen LogP contribution in [0.5, 0.6) is 0 Å². The summed E-state index contributed by atoms with van der Waals surface area (Å²) in [6.45, 7) is 2.12. The molecule has 12 heavy (non-hydrogen) atoms. The normalized spacial score (nSPS) is 33.8. The molecule has 1 atom stereocenters. The van der Waals surface area contributed by atoms with E-state index in [1.54, 1.807) is 0 Å². The van der Waals surface area contributed by atoms with Crippen molar-refractivity contribution in [2.45, 2.75) is 31.8 Å². The van der Waals surface area contributed by atoms with Crippen molar-refractivity contribution in [2.24, 2.45) is 0 Å². The van der Waals surface area contributed by atoms with Gasteiger partial charge in [0.1, 0.15) is 5.60 Å². The summed E-state index contributed by atoms with van der Waals surface area (Å²) in [6, 6.07) is 0. The zero-order chi connectivity index (χ0) is 8.60. The fraction of sp³-hybridized carbons (Fsp3) is 0.500. The summed E-state index contributed by atoms with van der Waals surface area (Å²) in [4.78, 5) is 10.9. The average Bonchev–Trinajstić information content (AvgIpc) is 2.40. The van der Waals surface area contributed by atoms with Gasteiger partial charge in [-0.25, -0.2) is 4.79 Å². The Balaban J connectivity index is 2.16. The van der Waals surface area contributed by atoms with Crippen LogP contribution in [-0.2, 0) is 9.53 Å². The Hall–Kier alpha value is -1.05. The third-order valence-corrected chi connectivity index (χ3v) is 2.57. The van der Waals surface area contributed by atoms with Crippen LogP contribution in [-0.4, -0.2) is 11.6 Å². The first-order chi connectivity index (χ1) is 5.70. The van der Waals surface area contributed by atoms with E-state index in [0.29, 0.717) is 0 Å². The summed E-state index contributed by atoms with van der Waals surface area (Å²) >= 11 is 0. The van der Waals surface area contributed by atoms with E-state index in [-0.39, 0.29) is 11.6 Å². The van der Waals surface area contributed by atoms with Gasteiger partial charge >= 0.3 is 5.97 Å². The van der Waals surface area contributed by atoms with Crippen LogP contribution in [0.1, 0.15) is 26.2 Å². The molecule has 1 heterocycles. The molecule has 1 aliphatic heterocycles. The van der Waals surface area contributed by atoms with E-state index in [2.05, 4.69) is 13.0 Å². The largest absolute Gasteiger partial charge is 0.451 e. The fourth-order valence-corrected chi connectivity index (χ4v) is 1.69. The lowest BCUT2D eigenvalue weighted by molar-refractivity contribution is -0.146. The van der Waals surface area contributed by atoms with E-state index in [0.717, 1.165) is 19.3 Å². The van der Waals surface area contributed by atoms with Gasteiger partial charge in [0.05, 0.1) is 0 Å². The van der Waals surface area contributed by atoms with Crippen molar-refractivity contribution in [3.63, 3.8) is 0 Å². The van der Waals surface area contributed by atoms with E-state index in [1.807, 2.05) is 6.08 Å². The van der Waals surface area contributed by atoms with E-state index in [4.69, 9.17) is 4.74 Å². The molecule has 0 saturated carbocycles. The molecule has 0 bridgehead atoms. The molecule has 2 heteroatoms. The first-order valence-corrected chi connectivity index (χ1v) is 4.28. The van der Waals surface area contributed by atoms with Gasteiger partial charge in [-0.3, -0.25) is 0 Å². The van der Waals surface area contributed by atoms with Crippen molar-refractivity contribution in [3.05, 3.63) is 23.8 Å². The number of carbonyl (C=O) groups is 1. The zero-order valence-electron chi connectivity index (χ0n) is 7.17. The Morgan fingerprint density at radius 3 is 2.92 bits per heavy atom. The molecule has 0 saturated heterocycles. The molecule has 2 aliphatic rings. The van der Waals surface area contributed by atoms with E-state index < -0.39 is 0 Å². The van der Waals surface area contributed by atoms with Crippen LogP contribution >= 0.6 is 0 Å². The number of esters is 1. The van der Waals surface area contributed by atoms with Crippen LogP contribution in [0.15, 0.2) is 23.8 Å². The zero-order valence-corrected chi connectivity index (χ0v) is 7.17. The molecule has 0 amide bonds. The maximum atomic E-state index is 10.9. The van der Waals surface area contributed by atoms with Crippen LogP contribution in [0, 0.1) is 0 Å². The third-order valence-electron chi connectivity index (χ3n) is 2.57. The Morgan fingerprint density at radius 2 is 2.42 bits per heavy atom. The number of ether oxygens (including phenoxy) is 1. The van der Waals surface area contributed by atoms with Gasteiger partial charge in [0.15, 0.2) is 0 Å². The maximum Gasteiger partial charge on any atom is 0.331 e. The highest BCUT2D eigenvalue weighted by atomic mass is 16.6. The van der Waals surface area contributed by atoms with Crippen molar-refractivity contribution in [2.75, 3.05) is 0 Å². The molecule has 0 aromatic rings. The van der Waals surface area contributed by atoms with Crippen LogP contribution in [0.3, 0.4) is 0 Å². The lowest BCUT2D eigenvalue weighted by atomic mass is 9.86. The lowest BCUT2D eigenvalue weighted by Crippen LogP contribution is -2.29. The minimum absolute atomic E-state index is 0.192. The number of hydrogen-bond acceptors (Lipinski definition) is 2. The first-order valence-electron chi connectivity index (χ1n) is 4.28. The predicted molar refractivity (Wildman–Crippen MR) is 45.6 cm³/mol. The molecule has 1 spiro atoms. The van der Waals surface area contributed by atoms with Gasteiger partial charge in [-0.05, 0) is 25.8 Å². The average molecular weight is 164 g/mol. The number of rotatable bonds is 0. The summed E-state index contributed by atoms with van der Waals surface area (Å²) < 4.78 is 5.24. The van der Waals surface area contributed by atoms with Crippen LogP contribution in [0.25, 0.3) is 0 Å². The summed E-state index contributed by atoms with van der Waals surface area (Å²) in [5, 5.41) is 0. The number of carbonyl (C=O) groups excluding carboxylic acids is 1. The summed E-state index contributed by atoms with van der Waals surface area (Å²) in [6.07, 6.45) is 8.43. The SMILES string of the molecule is CC1=CCC2(C=CC(=O)O2)CC1. The second-order valence-electron chi connectivity index (χ2n) is 3.57. The van der Waals surface area contributed by atoms with Crippen molar-refractivity contribution in [3.8, 4) is 0 Å². The molecular weight excluding hydrogens is 152 g/mol. The number of allylic oxidation sites excluding steroid dienone is 1. The molecule has 64 valence electrons. The minimum atomic E-state index is -0.281. The quantitative estimate of drug-likeness (QED) is 0.404. The highest BCUT2D eigenvalue weighted by molar-refractivity contribution is 5.85. The predicted octanol–water partition coefficient (Wildman–Crippen LogP) is 1.97. The number of hydrogen-bond donors (Lipinski definition) is 0. The molecule has 1 unspecified atom stereocenters. The topological polar surface area (TPSA) is 26.3 Å².